The highest BCUT2D eigenvalue weighted by molar-refractivity contribution is 7.57. The van der Waals surface area contributed by atoms with Crippen LogP contribution in [-0.4, -0.2) is 43.9 Å². The van der Waals surface area contributed by atoms with E-state index in [4.69, 9.17) is 13.8 Å². The molecule has 0 saturated carbocycles. The van der Waals surface area contributed by atoms with E-state index in [2.05, 4.69) is 0 Å². The summed E-state index contributed by atoms with van der Waals surface area (Å²) < 4.78 is 27.7. The van der Waals surface area contributed by atoms with Gasteiger partial charge in [0, 0.05) is 24.8 Å². The molecule has 0 aromatic heterocycles. The molecule has 1 fully saturated rings. The molecule has 0 spiro atoms. The van der Waals surface area contributed by atoms with Gasteiger partial charge in [-0.3, -0.25) is 4.57 Å². The van der Waals surface area contributed by atoms with Crippen LogP contribution in [0.5, 0.6) is 0 Å². The lowest BCUT2D eigenvalue weighted by atomic mass is 10.0. The number of hydrogen-bond donors (Lipinski definition) is 0. The smallest absolute Gasteiger partial charge is 0.409 e. The molecule has 1 aliphatic rings. The van der Waals surface area contributed by atoms with E-state index in [9.17, 15) is 9.36 Å². The maximum absolute atomic E-state index is 12.2. The lowest BCUT2D eigenvalue weighted by molar-refractivity contribution is 0.0646. The van der Waals surface area contributed by atoms with Crippen LogP contribution in [0.3, 0.4) is 0 Å². The van der Waals surface area contributed by atoms with Crippen LogP contribution in [0.4, 0.5) is 4.79 Å². The summed E-state index contributed by atoms with van der Waals surface area (Å²) in [6, 6.07) is 0. The fraction of sp³-hybridized carbons (Fsp3) is 0.786. The van der Waals surface area contributed by atoms with Gasteiger partial charge >= 0.3 is 13.7 Å². The average Bonchev–Trinajstić information content (AvgIpc) is 2.37. The highest BCUT2D eigenvalue weighted by atomic mass is 31.2. The van der Waals surface area contributed by atoms with E-state index in [1.165, 1.54) is 5.82 Å². The number of ether oxygens (including phenoxy) is 1. The first-order valence-electron chi connectivity index (χ1n) is 7.54. The fourth-order valence-corrected chi connectivity index (χ4v) is 3.31. The molecule has 6 nitrogen and oxygen atoms in total. The zero-order chi connectivity index (χ0) is 15.7. The molecular formula is C14H26NO5P. The minimum Gasteiger partial charge on any atom is -0.449 e. The Kier molecular flexibility index (Phi) is 8.01. The molecule has 0 aromatic rings. The largest absolute Gasteiger partial charge is 0.449 e. The van der Waals surface area contributed by atoms with Crippen LogP contribution in [0.25, 0.3) is 0 Å². The van der Waals surface area contributed by atoms with Gasteiger partial charge in [0.1, 0.15) is 0 Å². The molecule has 122 valence electrons. The third-order valence-corrected chi connectivity index (χ3v) is 4.82. The third kappa shape index (κ3) is 6.20. The summed E-state index contributed by atoms with van der Waals surface area (Å²) in [6.45, 7) is 7.90. The van der Waals surface area contributed by atoms with Gasteiger partial charge in [0.25, 0.3) is 0 Å². The molecule has 0 aromatic carbocycles. The Balaban J connectivity index is 2.34. The summed E-state index contributed by atoms with van der Waals surface area (Å²) in [5.74, 6) is 1.68. The first-order chi connectivity index (χ1) is 10.0. The van der Waals surface area contributed by atoms with Crippen LogP contribution in [0.15, 0.2) is 11.9 Å². The topological polar surface area (TPSA) is 65.1 Å². The number of unbranched alkanes of at least 4 members (excludes halogenated alkanes) is 1. The zero-order valence-electron chi connectivity index (χ0n) is 13.1. The lowest BCUT2D eigenvalue weighted by Gasteiger charge is -2.36. The van der Waals surface area contributed by atoms with Gasteiger partial charge in [0.15, 0.2) is 0 Å². The minimum atomic E-state index is -3.13. The van der Waals surface area contributed by atoms with E-state index in [0.29, 0.717) is 32.9 Å². The highest BCUT2D eigenvalue weighted by Gasteiger charge is 2.31. The van der Waals surface area contributed by atoms with Crippen molar-refractivity contribution in [2.45, 2.75) is 33.6 Å². The normalized spacial score (nSPS) is 16.2. The second kappa shape index (κ2) is 9.23. The Hall–Kier alpha value is -0.840. The van der Waals surface area contributed by atoms with Crippen molar-refractivity contribution >= 4 is 13.7 Å². The molecule has 1 saturated heterocycles. The molecular weight excluding hydrogens is 293 g/mol. The zero-order valence-corrected chi connectivity index (χ0v) is 14.0. The minimum absolute atomic E-state index is 0.179. The quantitative estimate of drug-likeness (QED) is 0.479. The molecule has 0 radical (unpaired) electrons. The lowest BCUT2D eigenvalue weighted by Crippen LogP contribution is -2.49. The molecule has 0 N–H and O–H groups in total. The summed E-state index contributed by atoms with van der Waals surface area (Å²) in [4.78, 5) is 13.3. The van der Waals surface area contributed by atoms with E-state index < -0.39 is 7.60 Å². The van der Waals surface area contributed by atoms with Gasteiger partial charge in [0.05, 0.1) is 19.8 Å². The van der Waals surface area contributed by atoms with E-state index in [1.807, 2.05) is 13.0 Å². The van der Waals surface area contributed by atoms with Crippen molar-refractivity contribution in [2.75, 3.05) is 32.9 Å². The number of nitrogens with zero attached hydrogens (tertiary/aromatic N) is 1. The summed E-state index contributed by atoms with van der Waals surface area (Å²) in [5, 5.41) is 0. The van der Waals surface area contributed by atoms with Crippen LogP contribution in [0.2, 0.25) is 0 Å². The Morgan fingerprint density at radius 1 is 1.24 bits per heavy atom. The summed E-state index contributed by atoms with van der Waals surface area (Å²) >= 11 is 0. The molecule has 1 aliphatic heterocycles. The first-order valence-corrected chi connectivity index (χ1v) is 9.15. The van der Waals surface area contributed by atoms with E-state index in [-0.39, 0.29) is 12.0 Å². The molecule has 21 heavy (non-hydrogen) atoms. The number of carbonyl (C=O) groups excluding carboxylic acids is 1. The van der Waals surface area contributed by atoms with Crippen LogP contribution in [0.1, 0.15) is 33.6 Å². The number of rotatable bonds is 9. The predicted molar refractivity (Wildman–Crippen MR) is 81.3 cm³/mol. The van der Waals surface area contributed by atoms with Crippen LogP contribution in [0, 0.1) is 5.92 Å². The molecule has 0 bridgehead atoms. The van der Waals surface area contributed by atoms with Gasteiger partial charge in [-0.05, 0) is 20.3 Å². The molecule has 1 rings (SSSR count). The Morgan fingerprint density at radius 2 is 1.86 bits per heavy atom. The Morgan fingerprint density at radius 3 is 2.38 bits per heavy atom. The van der Waals surface area contributed by atoms with Crippen molar-refractivity contribution in [1.29, 1.82) is 0 Å². The van der Waals surface area contributed by atoms with Crippen molar-refractivity contribution in [3.05, 3.63) is 11.9 Å². The second-order valence-electron chi connectivity index (χ2n) is 4.85. The number of carbonyl (C=O) groups is 1. The standard InChI is InChI=1S/C14H26NO5P/c1-4-7-9-18-14(16)15-11-13(12-15)8-10-21(17,19-5-2)20-6-3/h8,10,13H,4-7,9,11-12H2,1-3H3. The average molecular weight is 319 g/mol. The van der Waals surface area contributed by atoms with Gasteiger partial charge in [-0.2, -0.15) is 0 Å². The summed E-state index contributed by atoms with van der Waals surface area (Å²) in [7, 11) is -3.13. The Labute approximate surface area is 127 Å². The second-order valence-corrected chi connectivity index (χ2v) is 6.74. The highest BCUT2D eigenvalue weighted by Crippen LogP contribution is 2.50. The molecule has 0 unspecified atom stereocenters. The summed E-state index contributed by atoms with van der Waals surface area (Å²) in [5.41, 5.74) is 0. The van der Waals surface area contributed by atoms with Crippen molar-refractivity contribution in [1.82, 2.24) is 4.90 Å². The van der Waals surface area contributed by atoms with Gasteiger partial charge in [-0.25, -0.2) is 4.79 Å². The van der Waals surface area contributed by atoms with Crippen molar-refractivity contribution in [3.63, 3.8) is 0 Å². The number of amides is 1. The van der Waals surface area contributed by atoms with Crippen molar-refractivity contribution in [2.24, 2.45) is 5.92 Å². The van der Waals surface area contributed by atoms with Crippen LogP contribution < -0.4 is 0 Å². The van der Waals surface area contributed by atoms with E-state index in [1.54, 1.807) is 18.7 Å². The van der Waals surface area contributed by atoms with Gasteiger partial charge < -0.3 is 18.7 Å². The molecule has 0 aliphatic carbocycles. The monoisotopic (exact) mass is 319 g/mol. The summed E-state index contributed by atoms with van der Waals surface area (Å²) in [6.07, 6.45) is 3.42. The maximum Gasteiger partial charge on any atom is 0.409 e. The maximum atomic E-state index is 12.2. The van der Waals surface area contributed by atoms with Crippen molar-refractivity contribution in [3.8, 4) is 0 Å². The van der Waals surface area contributed by atoms with E-state index >= 15 is 0 Å². The molecule has 1 amide bonds. The molecule has 7 heteroatoms. The SMILES string of the molecule is CCCCOC(=O)N1CC(C=CP(=O)(OCC)OCC)C1. The predicted octanol–water partition coefficient (Wildman–Crippen LogP) is 3.63. The fourth-order valence-electron chi connectivity index (χ4n) is 1.89. The molecule has 0 atom stereocenters. The van der Waals surface area contributed by atoms with Crippen LogP contribution in [-0.2, 0) is 18.3 Å². The van der Waals surface area contributed by atoms with Gasteiger partial charge in [0.2, 0.25) is 0 Å². The Bertz CT molecular complexity index is 383. The van der Waals surface area contributed by atoms with E-state index in [0.717, 1.165) is 12.8 Å². The third-order valence-electron chi connectivity index (χ3n) is 3.05. The number of likely N-dealkylation sites (tertiary alicyclic amines) is 1. The van der Waals surface area contributed by atoms with Gasteiger partial charge in [-0.15, -0.1) is 0 Å². The first kappa shape index (κ1) is 18.2. The number of hydrogen-bond acceptors (Lipinski definition) is 5. The van der Waals surface area contributed by atoms with Crippen LogP contribution >= 0.6 is 7.60 Å². The van der Waals surface area contributed by atoms with Crippen molar-refractivity contribution < 1.29 is 23.1 Å². The van der Waals surface area contributed by atoms with Gasteiger partial charge in [-0.1, -0.05) is 19.4 Å². The molecule has 1 heterocycles.